The standard InChI is InChI=1S/C21H21N5O2/c27-20(25-14-17-6-9-22-10-7-17)8-13-26(16-18-4-2-1-3-5-18)21(28)19-15-23-11-12-24-19/h1-7,9-12,15H,8,13-14,16H2,(H,25,27). The highest BCUT2D eigenvalue weighted by molar-refractivity contribution is 5.92. The fraction of sp³-hybridized carbons (Fsp3) is 0.190. The topological polar surface area (TPSA) is 88.1 Å². The van der Waals surface area contributed by atoms with Gasteiger partial charge in [-0.15, -0.1) is 0 Å². The Morgan fingerprint density at radius 2 is 1.68 bits per heavy atom. The summed E-state index contributed by atoms with van der Waals surface area (Å²) in [4.78, 5) is 38.7. The number of carbonyl (C=O) groups excluding carboxylic acids is 2. The van der Waals surface area contributed by atoms with Gasteiger partial charge in [-0.05, 0) is 23.3 Å². The van der Waals surface area contributed by atoms with E-state index in [-0.39, 0.29) is 30.5 Å². The third kappa shape index (κ3) is 5.70. The van der Waals surface area contributed by atoms with Crippen molar-refractivity contribution in [3.05, 3.63) is 90.3 Å². The second-order valence-electron chi connectivity index (χ2n) is 6.19. The minimum absolute atomic E-state index is 0.123. The van der Waals surface area contributed by atoms with Crippen LogP contribution in [-0.4, -0.2) is 38.2 Å². The van der Waals surface area contributed by atoms with E-state index in [1.807, 2.05) is 42.5 Å². The molecule has 142 valence electrons. The zero-order valence-corrected chi connectivity index (χ0v) is 15.4. The van der Waals surface area contributed by atoms with Crippen LogP contribution in [-0.2, 0) is 17.9 Å². The molecule has 7 heteroatoms. The lowest BCUT2D eigenvalue weighted by molar-refractivity contribution is -0.121. The van der Waals surface area contributed by atoms with Gasteiger partial charge in [0.25, 0.3) is 5.91 Å². The van der Waals surface area contributed by atoms with Crippen molar-refractivity contribution in [2.24, 2.45) is 0 Å². The molecule has 3 rings (SSSR count). The Morgan fingerprint density at radius 3 is 2.39 bits per heavy atom. The first kappa shape index (κ1) is 19.2. The first-order chi connectivity index (χ1) is 13.7. The van der Waals surface area contributed by atoms with Crippen LogP contribution in [0.1, 0.15) is 28.0 Å². The van der Waals surface area contributed by atoms with Crippen LogP contribution in [0.4, 0.5) is 0 Å². The van der Waals surface area contributed by atoms with Gasteiger partial charge >= 0.3 is 0 Å². The Balaban J connectivity index is 1.61. The largest absolute Gasteiger partial charge is 0.352 e. The first-order valence-electron chi connectivity index (χ1n) is 8.97. The van der Waals surface area contributed by atoms with Gasteiger partial charge in [0.15, 0.2) is 0 Å². The van der Waals surface area contributed by atoms with Crippen molar-refractivity contribution in [1.29, 1.82) is 0 Å². The van der Waals surface area contributed by atoms with Crippen LogP contribution >= 0.6 is 0 Å². The molecule has 0 unspecified atom stereocenters. The number of pyridine rings is 1. The average Bonchev–Trinajstić information content (AvgIpc) is 2.76. The van der Waals surface area contributed by atoms with E-state index in [4.69, 9.17) is 0 Å². The van der Waals surface area contributed by atoms with Crippen LogP contribution in [0.25, 0.3) is 0 Å². The number of nitrogens with zero attached hydrogens (tertiary/aromatic N) is 4. The summed E-state index contributed by atoms with van der Waals surface area (Å²) in [6.07, 6.45) is 8.00. The number of hydrogen-bond donors (Lipinski definition) is 1. The molecule has 2 amide bonds. The smallest absolute Gasteiger partial charge is 0.274 e. The third-order valence-corrected chi connectivity index (χ3v) is 4.13. The molecule has 0 saturated heterocycles. The number of amides is 2. The monoisotopic (exact) mass is 375 g/mol. The number of nitrogens with one attached hydrogen (secondary N) is 1. The van der Waals surface area contributed by atoms with Gasteiger partial charge in [0.05, 0.1) is 6.20 Å². The molecule has 0 radical (unpaired) electrons. The minimum Gasteiger partial charge on any atom is -0.352 e. The Hall–Kier alpha value is -3.61. The van der Waals surface area contributed by atoms with E-state index >= 15 is 0 Å². The second-order valence-corrected chi connectivity index (χ2v) is 6.19. The molecule has 0 aliphatic rings. The summed E-state index contributed by atoms with van der Waals surface area (Å²) >= 11 is 0. The predicted octanol–water partition coefficient (Wildman–Crippen LogP) is 2.22. The maximum absolute atomic E-state index is 12.8. The van der Waals surface area contributed by atoms with E-state index in [0.29, 0.717) is 13.1 Å². The van der Waals surface area contributed by atoms with Gasteiger partial charge in [-0.25, -0.2) is 4.98 Å². The Kier molecular flexibility index (Phi) is 6.78. The van der Waals surface area contributed by atoms with Crippen molar-refractivity contribution in [2.75, 3.05) is 6.54 Å². The average molecular weight is 375 g/mol. The molecule has 1 N–H and O–H groups in total. The minimum atomic E-state index is -0.251. The molecule has 0 saturated carbocycles. The van der Waals surface area contributed by atoms with Gasteiger partial charge in [0, 0.05) is 50.8 Å². The lowest BCUT2D eigenvalue weighted by atomic mass is 10.2. The highest BCUT2D eigenvalue weighted by Gasteiger charge is 2.18. The zero-order chi connectivity index (χ0) is 19.6. The van der Waals surface area contributed by atoms with Crippen LogP contribution in [0.5, 0.6) is 0 Å². The summed E-state index contributed by atoms with van der Waals surface area (Å²) < 4.78 is 0. The van der Waals surface area contributed by atoms with Crippen LogP contribution in [0.3, 0.4) is 0 Å². The maximum atomic E-state index is 12.8. The van der Waals surface area contributed by atoms with Crippen molar-refractivity contribution in [1.82, 2.24) is 25.2 Å². The molecule has 0 aliphatic heterocycles. The van der Waals surface area contributed by atoms with Crippen LogP contribution in [0.2, 0.25) is 0 Å². The molecule has 7 nitrogen and oxygen atoms in total. The van der Waals surface area contributed by atoms with Gasteiger partial charge < -0.3 is 10.2 Å². The summed E-state index contributed by atoms with van der Waals surface area (Å²) in [6, 6.07) is 13.3. The summed E-state index contributed by atoms with van der Waals surface area (Å²) in [6.45, 7) is 1.11. The van der Waals surface area contributed by atoms with E-state index in [2.05, 4.69) is 20.3 Å². The first-order valence-corrected chi connectivity index (χ1v) is 8.97. The van der Waals surface area contributed by atoms with Gasteiger partial charge in [-0.3, -0.25) is 19.6 Å². The lowest BCUT2D eigenvalue weighted by Crippen LogP contribution is -2.35. The fourth-order valence-corrected chi connectivity index (χ4v) is 2.65. The molecule has 2 heterocycles. The molecule has 0 fully saturated rings. The van der Waals surface area contributed by atoms with E-state index < -0.39 is 0 Å². The molecule has 3 aromatic rings. The molecule has 0 spiro atoms. The van der Waals surface area contributed by atoms with Crippen molar-refractivity contribution in [2.45, 2.75) is 19.5 Å². The van der Waals surface area contributed by atoms with E-state index in [0.717, 1.165) is 11.1 Å². The Bertz CT molecular complexity index is 888. The van der Waals surface area contributed by atoms with Gasteiger partial charge in [0.2, 0.25) is 5.91 Å². The maximum Gasteiger partial charge on any atom is 0.274 e. The van der Waals surface area contributed by atoms with E-state index in [1.54, 1.807) is 17.3 Å². The third-order valence-electron chi connectivity index (χ3n) is 4.13. The number of aromatic nitrogens is 3. The van der Waals surface area contributed by atoms with Crippen LogP contribution in [0.15, 0.2) is 73.4 Å². The predicted molar refractivity (Wildman–Crippen MR) is 104 cm³/mol. The van der Waals surface area contributed by atoms with Crippen molar-refractivity contribution in [3.63, 3.8) is 0 Å². The van der Waals surface area contributed by atoms with Gasteiger partial charge in [0.1, 0.15) is 5.69 Å². The highest BCUT2D eigenvalue weighted by atomic mass is 16.2. The molecular weight excluding hydrogens is 354 g/mol. The summed E-state index contributed by atoms with van der Waals surface area (Å²) in [5.41, 5.74) is 2.22. The SMILES string of the molecule is O=C(CCN(Cc1ccccc1)C(=O)c1cnccn1)NCc1ccncc1. The molecule has 1 aromatic carbocycles. The number of benzene rings is 1. The van der Waals surface area contributed by atoms with E-state index in [9.17, 15) is 9.59 Å². The molecule has 2 aromatic heterocycles. The highest BCUT2D eigenvalue weighted by Crippen LogP contribution is 2.09. The Morgan fingerprint density at radius 1 is 0.893 bits per heavy atom. The van der Waals surface area contributed by atoms with Crippen LogP contribution < -0.4 is 5.32 Å². The van der Waals surface area contributed by atoms with Crippen LogP contribution in [0, 0.1) is 0 Å². The molecule has 0 bridgehead atoms. The summed E-state index contributed by atoms with van der Waals surface area (Å²) in [7, 11) is 0. The van der Waals surface area contributed by atoms with Crippen molar-refractivity contribution >= 4 is 11.8 Å². The quantitative estimate of drug-likeness (QED) is 0.652. The van der Waals surface area contributed by atoms with Crippen molar-refractivity contribution in [3.8, 4) is 0 Å². The second kappa shape index (κ2) is 9.91. The Labute approximate surface area is 163 Å². The van der Waals surface area contributed by atoms with Crippen molar-refractivity contribution < 1.29 is 9.59 Å². The molecule has 0 aliphatic carbocycles. The summed E-state index contributed by atoms with van der Waals surface area (Å²) in [5, 5.41) is 2.86. The molecule has 28 heavy (non-hydrogen) atoms. The number of hydrogen-bond acceptors (Lipinski definition) is 5. The fourth-order valence-electron chi connectivity index (χ4n) is 2.65. The number of rotatable bonds is 8. The molecular formula is C21H21N5O2. The van der Waals surface area contributed by atoms with E-state index in [1.165, 1.54) is 18.6 Å². The zero-order valence-electron chi connectivity index (χ0n) is 15.4. The van der Waals surface area contributed by atoms with Gasteiger partial charge in [-0.1, -0.05) is 30.3 Å². The normalized spacial score (nSPS) is 10.3. The van der Waals surface area contributed by atoms with Gasteiger partial charge in [-0.2, -0.15) is 0 Å². The molecule has 0 atom stereocenters. The lowest BCUT2D eigenvalue weighted by Gasteiger charge is -2.22. The number of carbonyl (C=O) groups is 2. The summed E-state index contributed by atoms with van der Waals surface area (Å²) in [5.74, 6) is -0.374.